The van der Waals surface area contributed by atoms with E-state index in [-0.39, 0.29) is 16.7 Å². The van der Waals surface area contributed by atoms with Crippen molar-refractivity contribution in [2.75, 3.05) is 18.4 Å². The second kappa shape index (κ2) is 10.4. The van der Waals surface area contributed by atoms with Crippen LogP contribution in [0.1, 0.15) is 66.9 Å². The molecule has 34 heavy (non-hydrogen) atoms. The Morgan fingerprint density at radius 1 is 0.971 bits per heavy atom. The summed E-state index contributed by atoms with van der Waals surface area (Å²) in [6.45, 7) is 7.57. The maximum absolute atomic E-state index is 13.0. The van der Waals surface area contributed by atoms with Gasteiger partial charge in [0.05, 0.1) is 4.90 Å². The first-order valence-corrected chi connectivity index (χ1v) is 13.7. The number of sulfonamides is 1. The summed E-state index contributed by atoms with van der Waals surface area (Å²) in [7, 11) is -3.80. The molecule has 2 aromatic rings. The number of carbonyl (C=O) groups excluding carboxylic acids is 1. The molecule has 7 heteroatoms. The molecule has 1 aliphatic heterocycles. The molecule has 0 unspecified atom stereocenters. The third-order valence-electron chi connectivity index (χ3n) is 7.36. The summed E-state index contributed by atoms with van der Waals surface area (Å²) in [5, 5.41) is 2.89. The Labute approximate surface area is 203 Å². The number of carbonyl (C=O) groups is 1. The third kappa shape index (κ3) is 5.58. The average molecular weight is 482 g/mol. The quantitative estimate of drug-likeness (QED) is 0.564. The summed E-state index contributed by atoms with van der Waals surface area (Å²) in [6.07, 6.45) is 7.18. The summed E-state index contributed by atoms with van der Waals surface area (Å²) in [5.74, 6) is -0.00387. The van der Waals surface area contributed by atoms with Crippen molar-refractivity contribution in [2.45, 2.75) is 70.2 Å². The molecular weight excluding hydrogens is 446 g/mol. The van der Waals surface area contributed by atoms with Crippen LogP contribution >= 0.6 is 0 Å². The van der Waals surface area contributed by atoms with E-state index < -0.39 is 10.0 Å². The van der Waals surface area contributed by atoms with Crippen LogP contribution in [0.2, 0.25) is 0 Å². The number of nitrogens with one attached hydrogen (secondary N) is 1. The number of benzene rings is 2. The van der Waals surface area contributed by atoms with Gasteiger partial charge in [-0.1, -0.05) is 31.0 Å². The van der Waals surface area contributed by atoms with E-state index in [1.165, 1.54) is 31.7 Å². The fraction of sp³-hybridized carbons (Fsp3) is 0.481. The lowest BCUT2D eigenvalue weighted by Crippen LogP contribution is -2.41. The number of aryl methyl sites for hydroxylation is 2. The molecule has 1 N–H and O–H groups in total. The highest BCUT2D eigenvalue weighted by atomic mass is 32.2. The molecule has 1 amide bonds. The van der Waals surface area contributed by atoms with Crippen LogP contribution in [0.15, 0.2) is 51.8 Å². The Morgan fingerprint density at radius 2 is 1.65 bits per heavy atom. The van der Waals surface area contributed by atoms with Crippen LogP contribution < -0.4 is 5.32 Å². The molecule has 4 rings (SSSR count). The molecule has 1 saturated heterocycles. The van der Waals surface area contributed by atoms with Gasteiger partial charge in [0.25, 0.3) is 15.9 Å². The normalized spacial score (nSPS) is 18.9. The minimum Gasteiger partial charge on any atom is -0.322 e. The Balaban J connectivity index is 1.43. The summed E-state index contributed by atoms with van der Waals surface area (Å²) < 4.78 is 30.2. The molecule has 0 spiro atoms. The minimum atomic E-state index is -3.80. The van der Waals surface area contributed by atoms with Crippen LogP contribution in [0.25, 0.3) is 0 Å². The first-order valence-electron chi connectivity index (χ1n) is 12.3. The Bertz CT molecular complexity index is 1180. The fourth-order valence-electron chi connectivity index (χ4n) is 5.22. The molecule has 1 aliphatic carbocycles. The minimum absolute atomic E-state index is 0.154. The van der Waals surface area contributed by atoms with Gasteiger partial charge in [-0.25, -0.2) is 0 Å². The fourth-order valence-corrected chi connectivity index (χ4v) is 6.42. The van der Waals surface area contributed by atoms with Crippen LogP contribution in [0.5, 0.6) is 0 Å². The summed E-state index contributed by atoms with van der Waals surface area (Å²) in [6, 6.07) is 12.8. The Hall–Kier alpha value is -2.51. The van der Waals surface area contributed by atoms with E-state index in [0.717, 1.165) is 37.5 Å². The van der Waals surface area contributed by atoms with Crippen molar-refractivity contribution in [1.82, 2.24) is 4.90 Å². The summed E-state index contributed by atoms with van der Waals surface area (Å²) >= 11 is 0. The average Bonchev–Trinajstić information content (AvgIpc) is 3.35. The van der Waals surface area contributed by atoms with Gasteiger partial charge in [0.15, 0.2) is 0 Å². The molecule has 1 heterocycles. The molecule has 0 bridgehead atoms. The molecule has 6 nitrogen and oxygen atoms in total. The molecule has 182 valence electrons. The highest BCUT2D eigenvalue weighted by molar-refractivity contribution is 7.90. The van der Waals surface area contributed by atoms with E-state index in [9.17, 15) is 13.2 Å². The second-order valence-corrected chi connectivity index (χ2v) is 11.3. The van der Waals surface area contributed by atoms with Gasteiger partial charge in [-0.3, -0.25) is 4.79 Å². The number of hydrogen-bond acceptors (Lipinski definition) is 4. The molecule has 0 atom stereocenters. The zero-order valence-corrected chi connectivity index (χ0v) is 21.2. The van der Waals surface area contributed by atoms with Gasteiger partial charge in [-0.2, -0.15) is 12.8 Å². The van der Waals surface area contributed by atoms with Gasteiger partial charge >= 0.3 is 0 Å². The molecular formula is C27H35N3O3S. The number of amides is 1. The van der Waals surface area contributed by atoms with E-state index in [2.05, 4.69) is 14.6 Å². The van der Waals surface area contributed by atoms with Gasteiger partial charge in [0.1, 0.15) is 0 Å². The van der Waals surface area contributed by atoms with Crippen LogP contribution in [0.3, 0.4) is 0 Å². The smallest absolute Gasteiger partial charge is 0.282 e. The van der Waals surface area contributed by atoms with Crippen LogP contribution in [-0.4, -0.2) is 44.1 Å². The number of nitrogens with zero attached hydrogens (tertiary/aromatic N) is 2. The van der Waals surface area contributed by atoms with E-state index in [1.54, 1.807) is 25.1 Å². The van der Waals surface area contributed by atoms with E-state index in [1.807, 2.05) is 32.0 Å². The number of hydrogen-bond donors (Lipinski definition) is 1. The molecule has 2 aliphatic rings. The largest absolute Gasteiger partial charge is 0.322 e. The van der Waals surface area contributed by atoms with Crippen molar-refractivity contribution in [3.05, 3.63) is 59.2 Å². The van der Waals surface area contributed by atoms with Crippen molar-refractivity contribution in [3.63, 3.8) is 0 Å². The second-order valence-electron chi connectivity index (χ2n) is 9.70. The van der Waals surface area contributed by atoms with Crippen LogP contribution in [-0.2, 0) is 10.0 Å². The van der Waals surface area contributed by atoms with E-state index in [4.69, 9.17) is 0 Å². The van der Waals surface area contributed by atoms with Gasteiger partial charge < -0.3 is 10.2 Å². The predicted molar refractivity (Wildman–Crippen MR) is 137 cm³/mol. The molecule has 0 aromatic heterocycles. The van der Waals surface area contributed by atoms with Crippen molar-refractivity contribution >= 4 is 27.3 Å². The maximum Gasteiger partial charge on any atom is 0.282 e. The number of piperidine rings is 1. The molecule has 2 fully saturated rings. The number of anilines is 1. The maximum atomic E-state index is 13.0. The third-order valence-corrected chi connectivity index (χ3v) is 8.74. The Morgan fingerprint density at radius 3 is 2.29 bits per heavy atom. The molecule has 0 radical (unpaired) electrons. The van der Waals surface area contributed by atoms with Crippen LogP contribution in [0, 0.1) is 19.8 Å². The van der Waals surface area contributed by atoms with Crippen LogP contribution in [0.4, 0.5) is 5.69 Å². The first-order chi connectivity index (χ1) is 16.2. The SMILES string of the molecule is CC(=NS(=O)(=O)c1ccc(NC(=O)c2ccccc2C)c(C)c1)C1CCN(C2CCCC2)CC1. The molecule has 2 aromatic carbocycles. The number of likely N-dealkylation sites (tertiary alicyclic amines) is 1. The van der Waals surface area contributed by atoms with Gasteiger partial charge in [0, 0.05) is 28.9 Å². The predicted octanol–water partition coefficient (Wildman–Crippen LogP) is 5.36. The van der Waals surface area contributed by atoms with Gasteiger partial charge in [0.2, 0.25) is 0 Å². The lowest BCUT2D eigenvalue weighted by molar-refractivity contribution is 0.102. The monoisotopic (exact) mass is 481 g/mol. The number of rotatable bonds is 6. The first kappa shape index (κ1) is 24.6. The van der Waals surface area contributed by atoms with Gasteiger partial charge in [-0.05, 0) is 94.9 Å². The summed E-state index contributed by atoms with van der Waals surface area (Å²) in [4.78, 5) is 15.4. The van der Waals surface area contributed by atoms with Crippen molar-refractivity contribution in [2.24, 2.45) is 10.3 Å². The zero-order chi connectivity index (χ0) is 24.3. The lowest BCUT2D eigenvalue weighted by atomic mass is 9.92. The Kier molecular flexibility index (Phi) is 7.53. The highest BCUT2D eigenvalue weighted by Crippen LogP contribution is 2.29. The van der Waals surface area contributed by atoms with E-state index >= 15 is 0 Å². The molecule has 1 saturated carbocycles. The van der Waals surface area contributed by atoms with Crippen molar-refractivity contribution < 1.29 is 13.2 Å². The zero-order valence-electron chi connectivity index (χ0n) is 20.4. The van der Waals surface area contributed by atoms with Crippen molar-refractivity contribution in [1.29, 1.82) is 0 Å². The summed E-state index contributed by atoms with van der Waals surface area (Å²) in [5.41, 5.74) is 3.45. The standard InChI is InChI=1S/C27H35N3O3S/c1-19-8-4-7-11-25(19)27(31)28-26-13-12-24(18-20(26)2)34(32,33)29-21(3)22-14-16-30(17-15-22)23-9-5-6-10-23/h4,7-8,11-13,18,22-23H,5-6,9-10,14-17H2,1-3H3,(H,28,31). The van der Waals surface area contributed by atoms with Crippen molar-refractivity contribution in [3.8, 4) is 0 Å². The highest BCUT2D eigenvalue weighted by Gasteiger charge is 2.29. The van der Waals surface area contributed by atoms with Gasteiger partial charge in [-0.15, -0.1) is 0 Å². The topological polar surface area (TPSA) is 78.8 Å². The van der Waals surface area contributed by atoms with E-state index in [0.29, 0.717) is 22.5 Å². The lowest BCUT2D eigenvalue weighted by Gasteiger charge is -2.35.